The fourth-order valence-corrected chi connectivity index (χ4v) is 1.88. The van der Waals surface area contributed by atoms with E-state index < -0.39 is 12.8 Å². The van der Waals surface area contributed by atoms with E-state index in [0.29, 0.717) is 29.8 Å². The Balaban J connectivity index is 2.54. The Morgan fingerprint density at radius 3 is 2.65 bits per heavy atom. The summed E-state index contributed by atoms with van der Waals surface area (Å²) >= 11 is 0. The van der Waals surface area contributed by atoms with Crippen molar-refractivity contribution < 1.29 is 27.8 Å². The van der Waals surface area contributed by atoms with E-state index in [1.807, 2.05) is 0 Å². The second-order valence-electron chi connectivity index (χ2n) is 4.93. The minimum atomic E-state index is -2.48. The van der Waals surface area contributed by atoms with Crippen molar-refractivity contribution in [1.82, 2.24) is 5.32 Å². The average molecular weight is 329 g/mol. The summed E-state index contributed by atoms with van der Waals surface area (Å²) in [5, 5.41) is 2.87. The van der Waals surface area contributed by atoms with Gasteiger partial charge in [-0.05, 0) is 31.5 Å². The van der Waals surface area contributed by atoms with Gasteiger partial charge >= 0.3 is 5.97 Å². The predicted molar refractivity (Wildman–Crippen MR) is 81.2 cm³/mol. The normalized spacial score (nSPS) is 10.7. The summed E-state index contributed by atoms with van der Waals surface area (Å²) in [6, 6.07) is 4.50. The van der Waals surface area contributed by atoms with Crippen LogP contribution in [-0.4, -0.2) is 45.0 Å². The molecule has 0 amide bonds. The number of rotatable bonds is 10. The number of alkyl halides is 2. The summed E-state index contributed by atoms with van der Waals surface area (Å²) < 4.78 is 35.2. The summed E-state index contributed by atoms with van der Waals surface area (Å²) in [5.74, 6) is -0.219. The van der Waals surface area contributed by atoms with Crippen molar-refractivity contribution in [2.75, 3.05) is 26.8 Å². The van der Waals surface area contributed by atoms with E-state index in [-0.39, 0.29) is 24.9 Å². The fourth-order valence-electron chi connectivity index (χ4n) is 1.88. The number of carbonyl (C=O) groups excluding carboxylic acids is 2. The highest BCUT2D eigenvalue weighted by atomic mass is 19.3. The first kappa shape index (κ1) is 19.0. The van der Waals surface area contributed by atoms with E-state index in [1.54, 1.807) is 0 Å². The highest BCUT2D eigenvalue weighted by Gasteiger charge is 2.12. The molecule has 1 aromatic rings. The van der Waals surface area contributed by atoms with Crippen LogP contribution in [0.3, 0.4) is 0 Å². The third-order valence-electron chi connectivity index (χ3n) is 3.10. The number of hydrogen-bond donors (Lipinski definition) is 1. The van der Waals surface area contributed by atoms with Crippen LogP contribution in [0.1, 0.15) is 29.3 Å². The maximum absolute atomic E-state index is 12.6. The van der Waals surface area contributed by atoms with Gasteiger partial charge in [0.2, 0.25) is 6.43 Å². The molecule has 1 aromatic carbocycles. The number of methoxy groups -OCH3 is 1. The second kappa shape index (κ2) is 9.89. The molecule has 0 aliphatic rings. The van der Waals surface area contributed by atoms with E-state index in [2.05, 4.69) is 10.1 Å². The number of Topliss-reactive ketones (excluding diaryl/α,β-unsaturated/α-hetero) is 1. The summed E-state index contributed by atoms with van der Waals surface area (Å²) in [7, 11) is 1.31. The lowest BCUT2D eigenvalue weighted by Gasteiger charge is -2.13. The topological polar surface area (TPSA) is 64.6 Å². The highest BCUT2D eigenvalue weighted by molar-refractivity contribution is 5.94. The molecule has 0 aromatic heterocycles. The first-order valence-electron chi connectivity index (χ1n) is 7.26. The van der Waals surface area contributed by atoms with E-state index in [0.717, 1.165) is 0 Å². The molecule has 0 aliphatic carbocycles. The summed E-state index contributed by atoms with van der Waals surface area (Å²) in [5.41, 5.74) is 0.786. The Hall–Kier alpha value is -2.02. The Kier molecular flexibility index (Phi) is 8.18. The van der Waals surface area contributed by atoms with Crippen molar-refractivity contribution >= 4 is 11.8 Å². The Bertz CT molecular complexity index is 535. The van der Waals surface area contributed by atoms with Crippen LogP contribution >= 0.6 is 0 Å². The molecule has 128 valence electrons. The third kappa shape index (κ3) is 7.19. The zero-order valence-corrected chi connectivity index (χ0v) is 13.2. The van der Waals surface area contributed by atoms with Crippen LogP contribution in [0.15, 0.2) is 18.2 Å². The molecule has 7 heteroatoms. The van der Waals surface area contributed by atoms with E-state index in [4.69, 9.17) is 4.74 Å². The van der Waals surface area contributed by atoms with Gasteiger partial charge in [-0.2, -0.15) is 0 Å². The van der Waals surface area contributed by atoms with Crippen molar-refractivity contribution in [2.45, 2.75) is 26.2 Å². The summed E-state index contributed by atoms with van der Waals surface area (Å²) in [4.78, 5) is 22.3. The summed E-state index contributed by atoms with van der Waals surface area (Å²) in [6.45, 7) is 2.31. The van der Waals surface area contributed by atoms with Gasteiger partial charge in [-0.15, -0.1) is 0 Å². The SMILES string of the molecule is COC(=O)CNCCCOc1cc(C(C)=O)ccc1CC(F)F. The minimum Gasteiger partial charge on any atom is -0.493 e. The maximum Gasteiger partial charge on any atom is 0.319 e. The third-order valence-corrected chi connectivity index (χ3v) is 3.10. The lowest BCUT2D eigenvalue weighted by atomic mass is 10.1. The van der Waals surface area contributed by atoms with Crippen LogP contribution in [0, 0.1) is 0 Å². The van der Waals surface area contributed by atoms with Gasteiger partial charge in [-0.1, -0.05) is 12.1 Å². The van der Waals surface area contributed by atoms with Crippen molar-refractivity contribution in [2.24, 2.45) is 0 Å². The number of ether oxygens (including phenoxy) is 2. The molecular formula is C16H21F2NO4. The molecule has 0 unspecified atom stereocenters. The largest absolute Gasteiger partial charge is 0.493 e. The number of halogens is 2. The molecule has 0 fully saturated rings. The first-order chi connectivity index (χ1) is 10.9. The number of esters is 1. The molecule has 1 N–H and O–H groups in total. The number of carbonyl (C=O) groups is 2. The molecule has 5 nitrogen and oxygen atoms in total. The van der Waals surface area contributed by atoms with Crippen LogP contribution in [-0.2, 0) is 16.0 Å². The number of ketones is 1. The van der Waals surface area contributed by atoms with Crippen molar-refractivity contribution in [3.63, 3.8) is 0 Å². The highest BCUT2D eigenvalue weighted by Crippen LogP contribution is 2.23. The predicted octanol–water partition coefficient (Wildman–Crippen LogP) is 2.23. The molecule has 0 radical (unpaired) electrons. The van der Waals surface area contributed by atoms with Crippen LogP contribution in [0.4, 0.5) is 8.78 Å². The molecule has 0 atom stereocenters. The first-order valence-corrected chi connectivity index (χ1v) is 7.26. The van der Waals surface area contributed by atoms with E-state index in [9.17, 15) is 18.4 Å². The number of hydrogen-bond acceptors (Lipinski definition) is 5. The van der Waals surface area contributed by atoms with Crippen molar-refractivity contribution in [3.05, 3.63) is 29.3 Å². The van der Waals surface area contributed by atoms with E-state index in [1.165, 1.54) is 32.2 Å². The lowest BCUT2D eigenvalue weighted by Crippen LogP contribution is -2.25. The average Bonchev–Trinajstić information content (AvgIpc) is 2.50. The maximum atomic E-state index is 12.6. The quantitative estimate of drug-likeness (QED) is 0.405. The number of nitrogens with one attached hydrogen (secondary N) is 1. The van der Waals surface area contributed by atoms with Gasteiger partial charge in [0.25, 0.3) is 0 Å². The smallest absolute Gasteiger partial charge is 0.319 e. The van der Waals surface area contributed by atoms with Gasteiger partial charge in [0.05, 0.1) is 20.3 Å². The van der Waals surface area contributed by atoms with E-state index >= 15 is 0 Å². The monoisotopic (exact) mass is 329 g/mol. The van der Waals surface area contributed by atoms with Crippen LogP contribution in [0.2, 0.25) is 0 Å². The van der Waals surface area contributed by atoms with Gasteiger partial charge in [0.1, 0.15) is 5.75 Å². The molecule has 0 heterocycles. The fraction of sp³-hybridized carbons (Fsp3) is 0.500. The Morgan fingerprint density at radius 2 is 2.04 bits per heavy atom. The van der Waals surface area contributed by atoms with Gasteiger partial charge in [-0.25, -0.2) is 8.78 Å². The van der Waals surface area contributed by atoms with Gasteiger partial charge in [-0.3, -0.25) is 9.59 Å². The van der Waals surface area contributed by atoms with Gasteiger partial charge in [0, 0.05) is 12.0 Å². The van der Waals surface area contributed by atoms with Gasteiger partial charge < -0.3 is 14.8 Å². The molecule has 0 bridgehead atoms. The zero-order valence-electron chi connectivity index (χ0n) is 13.2. The zero-order chi connectivity index (χ0) is 17.2. The molecule has 0 saturated heterocycles. The molecule has 23 heavy (non-hydrogen) atoms. The molecule has 1 rings (SSSR count). The van der Waals surface area contributed by atoms with Crippen molar-refractivity contribution in [1.29, 1.82) is 0 Å². The van der Waals surface area contributed by atoms with Crippen LogP contribution < -0.4 is 10.1 Å². The lowest BCUT2D eigenvalue weighted by molar-refractivity contribution is -0.139. The second-order valence-corrected chi connectivity index (χ2v) is 4.93. The summed E-state index contributed by atoms with van der Waals surface area (Å²) in [6.07, 6.45) is -2.33. The van der Waals surface area contributed by atoms with Crippen LogP contribution in [0.25, 0.3) is 0 Å². The Labute approximate surface area is 134 Å². The Morgan fingerprint density at radius 1 is 1.30 bits per heavy atom. The minimum absolute atomic E-state index is 0.104. The molecule has 0 aliphatic heterocycles. The standard InChI is InChI=1S/C16H21F2NO4/c1-11(20)12-4-5-13(9-15(17)18)14(8-12)23-7-3-6-19-10-16(21)22-2/h4-5,8,15,19H,3,6-7,9-10H2,1-2H3. The number of benzene rings is 1. The molecular weight excluding hydrogens is 308 g/mol. The molecule has 0 spiro atoms. The van der Waals surface area contributed by atoms with Gasteiger partial charge in [0.15, 0.2) is 5.78 Å². The van der Waals surface area contributed by atoms with Crippen molar-refractivity contribution in [3.8, 4) is 5.75 Å². The molecule has 0 saturated carbocycles. The van der Waals surface area contributed by atoms with Crippen LogP contribution in [0.5, 0.6) is 5.75 Å².